The summed E-state index contributed by atoms with van der Waals surface area (Å²) in [5.74, 6) is -0.174. The number of benzene rings is 1. The van der Waals surface area contributed by atoms with E-state index in [1.807, 2.05) is 6.07 Å². The van der Waals surface area contributed by atoms with Crippen LogP contribution in [0.1, 0.15) is 26.3 Å². The minimum Gasteiger partial charge on any atom is -0.313 e. The van der Waals surface area contributed by atoms with Crippen LogP contribution in [-0.4, -0.2) is 18.6 Å². The highest BCUT2D eigenvalue weighted by Crippen LogP contribution is 2.03. The summed E-state index contributed by atoms with van der Waals surface area (Å²) in [6.45, 7) is 8.00. The van der Waals surface area contributed by atoms with Gasteiger partial charge in [0, 0.05) is 25.2 Å². The number of halogens is 1. The van der Waals surface area contributed by atoms with E-state index in [9.17, 15) is 4.39 Å². The summed E-state index contributed by atoms with van der Waals surface area (Å²) in [5, 5.41) is 6.71. The molecular formula is C13H21FN2. The predicted octanol–water partition coefficient (Wildman–Crippen LogP) is 2.30. The third kappa shape index (κ3) is 5.24. The van der Waals surface area contributed by atoms with Gasteiger partial charge in [-0.25, -0.2) is 4.39 Å². The van der Waals surface area contributed by atoms with E-state index >= 15 is 0 Å². The van der Waals surface area contributed by atoms with Crippen molar-refractivity contribution in [3.05, 3.63) is 35.6 Å². The lowest BCUT2D eigenvalue weighted by atomic mass is 10.2. The van der Waals surface area contributed by atoms with Crippen LogP contribution < -0.4 is 10.6 Å². The fraction of sp³-hybridized carbons (Fsp3) is 0.538. The van der Waals surface area contributed by atoms with Crippen molar-refractivity contribution in [2.45, 2.75) is 39.4 Å². The van der Waals surface area contributed by atoms with E-state index in [0.717, 1.165) is 12.1 Å². The number of nitrogens with one attached hydrogen (secondary N) is 2. The highest BCUT2D eigenvalue weighted by Gasteiger charge is 2.02. The van der Waals surface area contributed by atoms with Crippen molar-refractivity contribution in [1.29, 1.82) is 0 Å². The molecule has 2 N–H and O–H groups in total. The Kier molecular flexibility index (Phi) is 5.43. The van der Waals surface area contributed by atoms with Crippen molar-refractivity contribution in [1.82, 2.24) is 10.6 Å². The van der Waals surface area contributed by atoms with Crippen molar-refractivity contribution in [2.24, 2.45) is 0 Å². The van der Waals surface area contributed by atoms with Gasteiger partial charge in [0.25, 0.3) is 0 Å². The van der Waals surface area contributed by atoms with Gasteiger partial charge in [-0.1, -0.05) is 26.0 Å². The summed E-state index contributed by atoms with van der Waals surface area (Å²) in [6, 6.07) is 7.58. The summed E-state index contributed by atoms with van der Waals surface area (Å²) in [6.07, 6.45) is 0. The zero-order valence-electron chi connectivity index (χ0n) is 10.3. The first-order valence-corrected chi connectivity index (χ1v) is 5.79. The molecule has 0 saturated carbocycles. The van der Waals surface area contributed by atoms with Crippen LogP contribution in [0.25, 0.3) is 0 Å². The molecule has 0 heterocycles. The zero-order chi connectivity index (χ0) is 12.0. The van der Waals surface area contributed by atoms with Crippen LogP contribution in [0.15, 0.2) is 24.3 Å². The molecule has 16 heavy (non-hydrogen) atoms. The second kappa shape index (κ2) is 6.61. The summed E-state index contributed by atoms with van der Waals surface area (Å²) >= 11 is 0. The molecule has 1 rings (SSSR count). The molecule has 1 atom stereocenters. The van der Waals surface area contributed by atoms with Crippen LogP contribution in [0, 0.1) is 5.82 Å². The first-order valence-electron chi connectivity index (χ1n) is 5.79. The summed E-state index contributed by atoms with van der Waals surface area (Å²) in [4.78, 5) is 0. The standard InChI is InChI=1S/C13H21FN2/c1-10(2)15-8-11(3)16-9-12-5-4-6-13(14)7-12/h4-7,10-11,15-16H,8-9H2,1-3H3. The molecule has 0 bridgehead atoms. The maximum atomic E-state index is 12.9. The van der Waals surface area contributed by atoms with E-state index in [1.165, 1.54) is 6.07 Å². The van der Waals surface area contributed by atoms with E-state index in [-0.39, 0.29) is 5.82 Å². The van der Waals surface area contributed by atoms with Crippen molar-refractivity contribution in [2.75, 3.05) is 6.54 Å². The molecule has 0 aliphatic carbocycles. The molecule has 0 radical (unpaired) electrons. The monoisotopic (exact) mass is 224 g/mol. The van der Waals surface area contributed by atoms with E-state index in [1.54, 1.807) is 12.1 Å². The number of rotatable bonds is 6. The van der Waals surface area contributed by atoms with Gasteiger partial charge in [-0.2, -0.15) is 0 Å². The summed E-state index contributed by atoms with van der Waals surface area (Å²) < 4.78 is 12.9. The third-order valence-electron chi connectivity index (χ3n) is 2.38. The fourth-order valence-corrected chi connectivity index (χ4v) is 1.42. The summed E-state index contributed by atoms with van der Waals surface area (Å²) in [5.41, 5.74) is 0.983. The second-order valence-corrected chi connectivity index (χ2v) is 4.47. The Morgan fingerprint density at radius 1 is 1.19 bits per heavy atom. The molecule has 0 saturated heterocycles. The van der Waals surface area contributed by atoms with Crippen LogP contribution >= 0.6 is 0 Å². The van der Waals surface area contributed by atoms with Crippen LogP contribution in [0.3, 0.4) is 0 Å². The molecule has 90 valence electrons. The van der Waals surface area contributed by atoms with Gasteiger partial charge in [0.05, 0.1) is 0 Å². The average Bonchev–Trinajstić information content (AvgIpc) is 2.23. The van der Waals surface area contributed by atoms with Gasteiger partial charge in [-0.05, 0) is 24.6 Å². The van der Waals surface area contributed by atoms with Gasteiger partial charge in [0.2, 0.25) is 0 Å². The fourth-order valence-electron chi connectivity index (χ4n) is 1.42. The van der Waals surface area contributed by atoms with Gasteiger partial charge < -0.3 is 10.6 Å². The molecule has 0 aliphatic heterocycles. The van der Waals surface area contributed by atoms with Crippen LogP contribution in [0.2, 0.25) is 0 Å². The molecule has 3 heteroatoms. The molecule has 1 aromatic carbocycles. The van der Waals surface area contributed by atoms with Crippen LogP contribution in [-0.2, 0) is 6.54 Å². The van der Waals surface area contributed by atoms with Crippen molar-refractivity contribution >= 4 is 0 Å². The zero-order valence-corrected chi connectivity index (χ0v) is 10.3. The van der Waals surface area contributed by atoms with Crippen LogP contribution in [0.4, 0.5) is 4.39 Å². The van der Waals surface area contributed by atoms with Crippen molar-refractivity contribution in [3.63, 3.8) is 0 Å². The van der Waals surface area contributed by atoms with E-state index < -0.39 is 0 Å². The Morgan fingerprint density at radius 2 is 1.94 bits per heavy atom. The Hall–Kier alpha value is -0.930. The Balaban J connectivity index is 2.28. The SMILES string of the molecule is CC(C)NCC(C)NCc1cccc(F)c1. The topological polar surface area (TPSA) is 24.1 Å². The molecule has 1 aromatic rings. The molecule has 0 aromatic heterocycles. The molecular weight excluding hydrogens is 203 g/mol. The Bertz CT molecular complexity index is 313. The molecule has 0 fully saturated rings. The smallest absolute Gasteiger partial charge is 0.123 e. The van der Waals surface area contributed by atoms with E-state index in [4.69, 9.17) is 0 Å². The Labute approximate surface area is 97.3 Å². The van der Waals surface area contributed by atoms with Gasteiger partial charge in [0.15, 0.2) is 0 Å². The van der Waals surface area contributed by atoms with Crippen LogP contribution in [0.5, 0.6) is 0 Å². The van der Waals surface area contributed by atoms with E-state index in [0.29, 0.717) is 18.6 Å². The largest absolute Gasteiger partial charge is 0.313 e. The van der Waals surface area contributed by atoms with Gasteiger partial charge in [0.1, 0.15) is 5.82 Å². The lowest BCUT2D eigenvalue weighted by molar-refractivity contribution is 0.473. The summed E-state index contributed by atoms with van der Waals surface area (Å²) in [7, 11) is 0. The lowest BCUT2D eigenvalue weighted by Crippen LogP contribution is -2.38. The third-order valence-corrected chi connectivity index (χ3v) is 2.38. The highest BCUT2D eigenvalue weighted by atomic mass is 19.1. The lowest BCUT2D eigenvalue weighted by Gasteiger charge is -2.16. The molecule has 0 aliphatic rings. The average molecular weight is 224 g/mol. The maximum absolute atomic E-state index is 12.9. The molecule has 0 amide bonds. The van der Waals surface area contributed by atoms with Crippen molar-refractivity contribution in [3.8, 4) is 0 Å². The predicted molar refractivity (Wildman–Crippen MR) is 65.8 cm³/mol. The molecule has 0 spiro atoms. The van der Waals surface area contributed by atoms with Gasteiger partial charge in [-0.15, -0.1) is 0 Å². The Morgan fingerprint density at radius 3 is 2.56 bits per heavy atom. The first kappa shape index (κ1) is 13.1. The quantitative estimate of drug-likeness (QED) is 0.775. The van der Waals surface area contributed by atoms with Gasteiger partial charge in [-0.3, -0.25) is 0 Å². The minimum atomic E-state index is -0.174. The second-order valence-electron chi connectivity index (χ2n) is 4.47. The van der Waals surface area contributed by atoms with Crippen molar-refractivity contribution < 1.29 is 4.39 Å². The number of hydrogen-bond donors (Lipinski definition) is 2. The minimum absolute atomic E-state index is 0.174. The normalized spacial score (nSPS) is 13.1. The first-order chi connectivity index (χ1) is 7.58. The molecule has 1 unspecified atom stereocenters. The molecule has 2 nitrogen and oxygen atoms in total. The van der Waals surface area contributed by atoms with Gasteiger partial charge >= 0.3 is 0 Å². The maximum Gasteiger partial charge on any atom is 0.123 e. The highest BCUT2D eigenvalue weighted by molar-refractivity contribution is 5.16. The van der Waals surface area contributed by atoms with E-state index in [2.05, 4.69) is 31.4 Å². The number of hydrogen-bond acceptors (Lipinski definition) is 2.